The Hall–Kier alpha value is -3.18. The summed E-state index contributed by atoms with van der Waals surface area (Å²) in [6.45, 7) is 7.64. The summed E-state index contributed by atoms with van der Waals surface area (Å²) < 4.78 is 17.4. The molecule has 5 heteroatoms. The summed E-state index contributed by atoms with van der Waals surface area (Å²) >= 11 is 0. The smallest absolute Gasteiger partial charge is 0.306 e. The van der Waals surface area contributed by atoms with Crippen LogP contribution in [0.15, 0.2) is 97.2 Å². The van der Waals surface area contributed by atoms with Crippen molar-refractivity contribution in [3.8, 4) is 0 Å². The van der Waals surface area contributed by atoms with E-state index in [0.29, 0.717) is 19.4 Å². The fourth-order valence-corrected chi connectivity index (χ4v) is 7.80. The van der Waals surface area contributed by atoms with Crippen LogP contribution in [0.5, 0.6) is 0 Å². The van der Waals surface area contributed by atoms with Gasteiger partial charge >= 0.3 is 11.9 Å². The van der Waals surface area contributed by atoms with Crippen molar-refractivity contribution in [3.63, 3.8) is 0 Å². The predicted octanol–water partition coefficient (Wildman–Crippen LogP) is 19.8. The number of carbonyl (C=O) groups excluding carboxylic acids is 2. The maximum atomic E-state index is 12.9. The van der Waals surface area contributed by atoms with Crippen molar-refractivity contribution in [3.05, 3.63) is 97.2 Å². The van der Waals surface area contributed by atoms with Crippen molar-refractivity contribution < 1.29 is 23.8 Å². The van der Waals surface area contributed by atoms with Crippen molar-refractivity contribution >= 4 is 11.9 Å². The van der Waals surface area contributed by atoms with Crippen LogP contribution >= 0.6 is 0 Å². The maximum Gasteiger partial charge on any atom is 0.306 e. The molecule has 0 rings (SSSR count). The molecular formula is C63H108O5. The standard InChI is InChI=1S/C63H108O5/c1-4-7-10-13-16-19-22-25-28-31-32-34-35-38-41-44-47-50-53-56-62(64)67-60-61(59-66-58-55-52-49-46-43-40-37-30-27-24-21-18-15-12-9-6-3)68-63(65)57-54-51-48-45-42-39-36-33-29-26-23-20-17-14-11-8-5-2/h7,10,16-17,19-20,25-30,32,34,38,41,61H,4-6,8-9,11-15,18,21-24,31,33,35-37,39-40,42-60H2,1-3H3/b10-7-,19-16-,20-17-,28-25-,29-26-,30-27-,34-32-,41-38-. The lowest BCUT2D eigenvalue weighted by Gasteiger charge is -2.18. The van der Waals surface area contributed by atoms with Crippen LogP contribution in [0.2, 0.25) is 0 Å². The third kappa shape index (κ3) is 55.4. The molecule has 0 aromatic heterocycles. The van der Waals surface area contributed by atoms with Gasteiger partial charge in [0, 0.05) is 19.4 Å². The van der Waals surface area contributed by atoms with Crippen molar-refractivity contribution in [1.29, 1.82) is 0 Å². The van der Waals surface area contributed by atoms with Gasteiger partial charge in [-0.15, -0.1) is 0 Å². The van der Waals surface area contributed by atoms with Gasteiger partial charge in [-0.1, -0.05) is 227 Å². The molecule has 0 spiro atoms. The number of rotatable bonds is 52. The first-order valence-corrected chi connectivity index (χ1v) is 28.8. The van der Waals surface area contributed by atoms with E-state index in [1.807, 2.05) is 0 Å². The first-order chi connectivity index (χ1) is 33.6. The summed E-state index contributed by atoms with van der Waals surface area (Å²) in [7, 11) is 0. The van der Waals surface area contributed by atoms with E-state index >= 15 is 0 Å². The van der Waals surface area contributed by atoms with E-state index in [-0.39, 0.29) is 25.2 Å². The zero-order chi connectivity index (χ0) is 49.2. The maximum absolute atomic E-state index is 12.9. The molecule has 1 unspecified atom stereocenters. The van der Waals surface area contributed by atoms with Gasteiger partial charge in [-0.25, -0.2) is 0 Å². The summed E-state index contributed by atoms with van der Waals surface area (Å²) in [6.07, 6.45) is 78.5. The number of hydrogen-bond donors (Lipinski definition) is 0. The number of esters is 2. The minimum atomic E-state index is -0.563. The number of carbonyl (C=O) groups is 2. The highest BCUT2D eigenvalue weighted by atomic mass is 16.6. The zero-order valence-corrected chi connectivity index (χ0v) is 44.8. The third-order valence-corrected chi connectivity index (χ3v) is 12.1. The second-order valence-corrected chi connectivity index (χ2v) is 18.8. The Morgan fingerprint density at radius 3 is 1.12 bits per heavy atom. The third-order valence-electron chi connectivity index (χ3n) is 12.1. The highest BCUT2D eigenvalue weighted by Gasteiger charge is 2.17. The minimum absolute atomic E-state index is 0.0585. The Morgan fingerprint density at radius 2 is 0.662 bits per heavy atom. The van der Waals surface area contributed by atoms with Crippen LogP contribution in [0.4, 0.5) is 0 Å². The number of unbranched alkanes of at least 4 members (excludes halogenated alkanes) is 25. The average molecular weight is 946 g/mol. The van der Waals surface area contributed by atoms with Gasteiger partial charge in [0.05, 0.1) is 6.61 Å². The lowest BCUT2D eigenvalue weighted by molar-refractivity contribution is -0.163. The fourth-order valence-electron chi connectivity index (χ4n) is 7.80. The lowest BCUT2D eigenvalue weighted by atomic mass is 10.1. The molecule has 0 radical (unpaired) electrons. The summed E-state index contributed by atoms with van der Waals surface area (Å²) in [5, 5.41) is 0. The van der Waals surface area contributed by atoms with Crippen LogP contribution in [-0.4, -0.2) is 37.9 Å². The normalized spacial score (nSPS) is 12.9. The topological polar surface area (TPSA) is 61.8 Å². The van der Waals surface area contributed by atoms with E-state index in [0.717, 1.165) is 96.3 Å². The van der Waals surface area contributed by atoms with E-state index in [1.54, 1.807) is 0 Å². The Morgan fingerprint density at radius 1 is 0.338 bits per heavy atom. The van der Waals surface area contributed by atoms with E-state index < -0.39 is 6.10 Å². The lowest BCUT2D eigenvalue weighted by Crippen LogP contribution is -2.30. The van der Waals surface area contributed by atoms with Crippen LogP contribution in [0.1, 0.15) is 265 Å². The fraction of sp³-hybridized carbons (Fsp3) is 0.714. The van der Waals surface area contributed by atoms with Crippen LogP contribution in [0, 0.1) is 0 Å². The predicted molar refractivity (Wildman–Crippen MR) is 297 cm³/mol. The summed E-state index contributed by atoms with van der Waals surface area (Å²) in [5.41, 5.74) is 0. The van der Waals surface area contributed by atoms with Gasteiger partial charge in [0.1, 0.15) is 6.61 Å². The van der Waals surface area contributed by atoms with Crippen LogP contribution in [0.25, 0.3) is 0 Å². The van der Waals surface area contributed by atoms with Gasteiger partial charge in [0.15, 0.2) is 6.10 Å². The Kier molecular flexibility index (Phi) is 55.4. The molecule has 0 aromatic rings. The molecule has 0 aliphatic carbocycles. The van der Waals surface area contributed by atoms with Gasteiger partial charge in [-0.3, -0.25) is 9.59 Å². The molecule has 0 heterocycles. The second-order valence-electron chi connectivity index (χ2n) is 18.8. The van der Waals surface area contributed by atoms with Gasteiger partial charge in [-0.2, -0.15) is 0 Å². The molecule has 0 amide bonds. The van der Waals surface area contributed by atoms with E-state index in [2.05, 4.69) is 118 Å². The Bertz CT molecular complexity index is 1300. The molecule has 68 heavy (non-hydrogen) atoms. The van der Waals surface area contributed by atoms with Gasteiger partial charge in [-0.05, 0) is 122 Å². The van der Waals surface area contributed by atoms with Crippen molar-refractivity contribution in [2.45, 2.75) is 271 Å². The molecular weight excluding hydrogens is 837 g/mol. The van der Waals surface area contributed by atoms with Crippen LogP contribution < -0.4 is 0 Å². The first kappa shape index (κ1) is 64.8. The molecule has 0 N–H and O–H groups in total. The average Bonchev–Trinajstić information content (AvgIpc) is 3.34. The van der Waals surface area contributed by atoms with E-state index in [4.69, 9.17) is 14.2 Å². The molecule has 0 aromatic carbocycles. The number of allylic oxidation sites excluding steroid dienone is 16. The van der Waals surface area contributed by atoms with Crippen molar-refractivity contribution in [2.24, 2.45) is 0 Å². The molecule has 390 valence electrons. The van der Waals surface area contributed by atoms with Crippen molar-refractivity contribution in [2.75, 3.05) is 19.8 Å². The number of ether oxygens (including phenoxy) is 3. The first-order valence-electron chi connectivity index (χ1n) is 28.8. The second kappa shape index (κ2) is 58.1. The minimum Gasteiger partial charge on any atom is -0.462 e. The van der Waals surface area contributed by atoms with E-state index in [9.17, 15) is 9.59 Å². The highest BCUT2D eigenvalue weighted by molar-refractivity contribution is 5.70. The van der Waals surface area contributed by atoms with Crippen molar-refractivity contribution in [1.82, 2.24) is 0 Å². The molecule has 0 aliphatic rings. The van der Waals surface area contributed by atoms with Crippen LogP contribution in [0.3, 0.4) is 0 Å². The molecule has 5 nitrogen and oxygen atoms in total. The number of hydrogen-bond acceptors (Lipinski definition) is 5. The Labute approximate surface area is 422 Å². The summed E-state index contributed by atoms with van der Waals surface area (Å²) in [4.78, 5) is 25.5. The summed E-state index contributed by atoms with van der Waals surface area (Å²) in [5.74, 6) is -0.444. The highest BCUT2D eigenvalue weighted by Crippen LogP contribution is 2.14. The molecule has 0 fully saturated rings. The largest absolute Gasteiger partial charge is 0.462 e. The molecule has 0 saturated heterocycles. The van der Waals surface area contributed by atoms with Gasteiger partial charge in [0.25, 0.3) is 0 Å². The Balaban J connectivity index is 4.37. The quantitative estimate of drug-likeness (QED) is 0.0345. The van der Waals surface area contributed by atoms with Gasteiger partial charge in [0.2, 0.25) is 0 Å². The molecule has 0 aliphatic heterocycles. The van der Waals surface area contributed by atoms with E-state index in [1.165, 1.54) is 135 Å². The molecule has 0 bridgehead atoms. The van der Waals surface area contributed by atoms with Crippen LogP contribution in [-0.2, 0) is 23.8 Å². The molecule has 1 atom stereocenters. The summed E-state index contributed by atoms with van der Waals surface area (Å²) in [6, 6.07) is 0. The monoisotopic (exact) mass is 945 g/mol. The van der Waals surface area contributed by atoms with Gasteiger partial charge < -0.3 is 14.2 Å². The molecule has 0 saturated carbocycles. The zero-order valence-electron chi connectivity index (χ0n) is 44.8. The SMILES string of the molecule is CC/C=C\C/C=C\C/C=C\C/C=C\C/C=C\CCCCCC(=O)OCC(COCCCCCCCC/C=C\CCCCCCCC)OC(=O)CCCCCCCCC/C=C\C/C=C\CCCCC.